The summed E-state index contributed by atoms with van der Waals surface area (Å²) in [4.78, 5) is 0. The van der Waals surface area contributed by atoms with Crippen molar-refractivity contribution in [3.05, 3.63) is 0 Å². The maximum Gasteiger partial charge on any atom is 0.00413 e. The van der Waals surface area contributed by atoms with Crippen molar-refractivity contribution in [3.63, 3.8) is 0 Å². The summed E-state index contributed by atoms with van der Waals surface area (Å²) in [6.07, 6.45) is 3.64. The van der Waals surface area contributed by atoms with E-state index in [1.807, 2.05) is 0 Å². The maximum absolute atomic E-state index is 5.92. The Labute approximate surface area is 71.4 Å². The molecule has 68 valence electrons. The number of hydrogen-bond acceptors (Lipinski definition) is 1. The molecule has 0 saturated heterocycles. The smallest absolute Gasteiger partial charge is 0.00413 e. The third-order valence-corrected chi connectivity index (χ3v) is 1.89. The second kappa shape index (κ2) is 5.59. The molecule has 0 aromatic heterocycles. The predicted molar refractivity (Wildman–Crippen MR) is 51.5 cm³/mol. The van der Waals surface area contributed by atoms with E-state index in [0.29, 0.717) is 6.04 Å². The van der Waals surface area contributed by atoms with Crippen LogP contribution in [0, 0.1) is 11.8 Å². The average Bonchev–Trinajstić information content (AvgIpc) is 1.82. The van der Waals surface area contributed by atoms with Crippen molar-refractivity contribution in [2.75, 3.05) is 0 Å². The van der Waals surface area contributed by atoms with Gasteiger partial charge in [-0.05, 0) is 31.1 Å². The van der Waals surface area contributed by atoms with E-state index < -0.39 is 0 Å². The highest BCUT2D eigenvalue weighted by Crippen LogP contribution is 2.11. The summed E-state index contributed by atoms with van der Waals surface area (Å²) in [6, 6.07) is 0.428. The first kappa shape index (κ1) is 11.0. The van der Waals surface area contributed by atoms with Gasteiger partial charge < -0.3 is 5.73 Å². The van der Waals surface area contributed by atoms with E-state index in [2.05, 4.69) is 27.7 Å². The largest absolute Gasteiger partial charge is 0.328 e. The third kappa shape index (κ3) is 7.86. The molecule has 0 saturated carbocycles. The van der Waals surface area contributed by atoms with Crippen molar-refractivity contribution in [1.29, 1.82) is 0 Å². The zero-order valence-electron chi connectivity index (χ0n) is 8.43. The zero-order valence-corrected chi connectivity index (χ0v) is 8.43. The second-order valence-corrected chi connectivity index (χ2v) is 4.36. The molecule has 1 nitrogen and oxygen atoms in total. The van der Waals surface area contributed by atoms with Gasteiger partial charge in [-0.1, -0.05) is 27.7 Å². The van der Waals surface area contributed by atoms with Crippen LogP contribution < -0.4 is 5.73 Å². The molecule has 2 N–H and O–H groups in total. The highest BCUT2D eigenvalue weighted by atomic mass is 14.6. The van der Waals surface area contributed by atoms with Gasteiger partial charge in [0.15, 0.2) is 0 Å². The Kier molecular flexibility index (Phi) is 5.57. The fraction of sp³-hybridized carbons (Fsp3) is 1.00. The molecule has 0 radical (unpaired) electrons. The molecule has 11 heavy (non-hydrogen) atoms. The number of rotatable bonds is 5. The van der Waals surface area contributed by atoms with Gasteiger partial charge in [-0.25, -0.2) is 0 Å². The molecule has 0 aliphatic heterocycles. The zero-order chi connectivity index (χ0) is 8.85. The van der Waals surface area contributed by atoms with Gasteiger partial charge in [-0.15, -0.1) is 0 Å². The van der Waals surface area contributed by atoms with Crippen LogP contribution in [0.3, 0.4) is 0 Å². The van der Waals surface area contributed by atoms with Crippen LogP contribution in [-0.4, -0.2) is 6.04 Å². The maximum atomic E-state index is 5.92. The lowest BCUT2D eigenvalue weighted by Gasteiger charge is -2.14. The Hall–Kier alpha value is -0.0400. The summed E-state index contributed by atoms with van der Waals surface area (Å²) in [6.45, 7) is 8.97. The summed E-state index contributed by atoms with van der Waals surface area (Å²) in [5.74, 6) is 1.55. The van der Waals surface area contributed by atoms with Crippen molar-refractivity contribution >= 4 is 0 Å². The topological polar surface area (TPSA) is 26.0 Å². The monoisotopic (exact) mass is 157 g/mol. The lowest BCUT2D eigenvalue weighted by Crippen LogP contribution is -2.22. The molecule has 0 heterocycles. The van der Waals surface area contributed by atoms with Gasteiger partial charge in [0.25, 0.3) is 0 Å². The van der Waals surface area contributed by atoms with Gasteiger partial charge in [0.2, 0.25) is 0 Å². The van der Waals surface area contributed by atoms with Crippen LogP contribution in [0.2, 0.25) is 0 Å². The summed E-state index contributed by atoms with van der Waals surface area (Å²) in [7, 11) is 0. The van der Waals surface area contributed by atoms with Crippen LogP contribution in [0.4, 0.5) is 0 Å². The molecule has 0 aliphatic rings. The summed E-state index contributed by atoms with van der Waals surface area (Å²) >= 11 is 0. The van der Waals surface area contributed by atoms with Crippen LogP contribution in [0.15, 0.2) is 0 Å². The fourth-order valence-corrected chi connectivity index (χ4v) is 1.27. The molecule has 0 spiro atoms. The normalized spacial score (nSPS) is 14.5. The van der Waals surface area contributed by atoms with E-state index in [1.165, 1.54) is 19.3 Å². The average molecular weight is 157 g/mol. The lowest BCUT2D eigenvalue weighted by molar-refractivity contribution is 0.431. The molecule has 0 aromatic rings. The predicted octanol–water partition coefficient (Wildman–Crippen LogP) is 2.80. The van der Waals surface area contributed by atoms with E-state index in [1.54, 1.807) is 0 Å². The Balaban J connectivity index is 3.29. The molecule has 1 atom stereocenters. The number of nitrogens with two attached hydrogens (primary N) is 1. The molecule has 0 amide bonds. The van der Waals surface area contributed by atoms with E-state index in [4.69, 9.17) is 5.73 Å². The fourth-order valence-electron chi connectivity index (χ4n) is 1.27. The van der Waals surface area contributed by atoms with Gasteiger partial charge in [-0.3, -0.25) is 0 Å². The van der Waals surface area contributed by atoms with Crippen LogP contribution in [0.25, 0.3) is 0 Å². The van der Waals surface area contributed by atoms with Crippen molar-refractivity contribution in [3.8, 4) is 0 Å². The molecular weight excluding hydrogens is 134 g/mol. The van der Waals surface area contributed by atoms with Gasteiger partial charge in [0, 0.05) is 6.04 Å². The van der Waals surface area contributed by atoms with Gasteiger partial charge >= 0.3 is 0 Å². The lowest BCUT2D eigenvalue weighted by atomic mass is 9.97. The molecule has 1 heteroatoms. The molecule has 0 fully saturated rings. The minimum absolute atomic E-state index is 0.428. The van der Waals surface area contributed by atoms with Crippen molar-refractivity contribution in [1.82, 2.24) is 0 Å². The molecule has 0 aliphatic carbocycles. The highest BCUT2D eigenvalue weighted by Gasteiger charge is 2.05. The van der Waals surface area contributed by atoms with E-state index in [-0.39, 0.29) is 0 Å². The van der Waals surface area contributed by atoms with Gasteiger partial charge in [-0.2, -0.15) is 0 Å². The Bertz CT molecular complexity index is 86.9. The second-order valence-electron chi connectivity index (χ2n) is 4.36. The quantitative estimate of drug-likeness (QED) is 0.652. The first-order chi connectivity index (χ1) is 5.02. The number of hydrogen-bond donors (Lipinski definition) is 1. The van der Waals surface area contributed by atoms with Crippen LogP contribution >= 0.6 is 0 Å². The Morgan fingerprint density at radius 3 is 1.82 bits per heavy atom. The minimum Gasteiger partial charge on any atom is -0.328 e. The van der Waals surface area contributed by atoms with Crippen LogP contribution in [0.1, 0.15) is 47.0 Å². The molecule has 0 bridgehead atoms. The van der Waals surface area contributed by atoms with E-state index >= 15 is 0 Å². The van der Waals surface area contributed by atoms with Crippen LogP contribution in [-0.2, 0) is 0 Å². The molecule has 0 aromatic carbocycles. The molecule has 0 rings (SSSR count). The van der Waals surface area contributed by atoms with Crippen molar-refractivity contribution in [2.24, 2.45) is 17.6 Å². The van der Waals surface area contributed by atoms with E-state index in [9.17, 15) is 0 Å². The van der Waals surface area contributed by atoms with Crippen molar-refractivity contribution < 1.29 is 0 Å². The standard InChI is InChI=1S/C10H23N/c1-8(2)5-6-10(11)7-9(3)4/h8-10H,5-7,11H2,1-4H3/t10-/m1/s1. The molecule has 0 unspecified atom stereocenters. The van der Waals surface area contributed by atoms with E-state index in [0.717, 1.165) is 11.8 Å². The first-order valence-electron chi connectivity index (χ1n) is 4.78. The van der Waals surface area contributed by atoms with Gasteiger partial charge in [0.05, 0.1) is 0 Å². The van der Waals surface area contributed by atoms with Crippen molar-refractivity contribution in [2.45, 2.75) is 53.0 Å². The highest BCUT2D eigenvalue weighted by molar-refractivity contribution is 4.64. The Morgan fingerprint density at radius 1 is 0.909 bits per heavy atom. The Morgan fingerprint density at radius 2 is 1.45 bits per heavy atom. The summed E-state index contributed by atoms with van der Waals surface area (Å²) in [5, 5.41) is 0. The first-order valence-corrected chi connectivity index (χ1v) is 4.78. The van der Waals surface area contributed by atoms with Crippen LogP contribution in [0.5, 0.6) is 0 Å². The third-order valence-electron chi connectivity index (χ3n) is 1.89. The summed E-state index contributed by atoms with van der Waals surface area (Å²) < 4.78 is 0. The SMILES string of the molecule is CC(C)CC[C@@H](N)CC(C)C. The molecular formula is C10H23N. The van der Waals surface area contributed by atoms with Gasteiger partial charge in [0.1, 0.15) is 0 Å². The minimum atomic E-state index is 0.428. The summed E-state index contributed by atoms with van der Waals surface area (Å²) in [5.41, 5.74) is 5.92.